The molecular formula is C27H24ClF6NO. The summed E-state index contributed by atoms with van der Waals surface area (Å²) in [6, 6.07) is 10.6. The standard InChI is InChI=1S/C27H24ClF6NO/c28-10-4-5-11-35-12-6-9-25(24(35)18-7-2-1-3-8-18)17-20(15-23(25)36)19-13-21(26(29,30)31)16-22(14-19)27(32,33)34/h1-3,7-8,13-14,16,20,24H,6,9-12,15,17H2. The first-order chi connectivity index (χ1) is 17.0. The summed E-state index contributed by atoms with van der Waals surface area (Å²) >= 11 is 5.69. The topological polar surface area (TPSA) is 20.3 Å². The van der Waals surface area contributed by atoms with Crippen LogP contribution in [0.1, 0.15) is 59.9 Å². The lowest BCUT2D eigenvalue weighted by atomic mass is 9.68. The average molecular weight is 528 g/mol. The summed E-state index contributed by atoms with van der Waals surface area (Å²) in [5.41, 5.74) is -2.88. The van der Waals surface area contributed by atoms with E-state index < -0.39 is 34.8 Å². The highest BCUT2D eigenvalue weighted by Gasteiger charge is 2.55. The molecule has 1 aliphatic carbocycles. The van der Waals surface area contributed by atoms with Gasteiger partial charge in [-0.15, -0.1) is 11.6 Å². The summed E-state index contributed by atoms with van der Waals surface area (Å²) in [7, 11) is 0. The van der Waals surface area contributed by atoms with Crippen LogP contribution in [-0.4, -0.2) is 29.7 Å². The number of halogens is 7. The van der Waals surface area contributed by atoms with Gasteiger partial charge in [-0.1, -0.05) is 42.2 Å². The molecule has 4 rings (SSSR count). The van der Waals surface area contributed by atoms with Gasteiger partial charge in [0.15, 0.2) is 0 Å². The highest BCUT2D eigenvalue weighted by Crippen LogP contribution is 2.57. The zero-order chi connectivity index (χ0) is 26.1. The number of piperidine rings is 1. The number of nitrogens with zero attached hydrogens (tertiary/aromatic N) is 1. The van der Waals surface area contributed by atoms with Crippen molar-refractivity contribution < 1.29 is 31.1 Å². The first-order valence-electron chi connectivity index (χ1n) is 11.6. The molecule has 2 fully saturated rings. The van der Waals surface area contributed by atoms with E-state index >= 15 is 0 Å². The van der Waals surface area contributed by atoms with Gasteiger partial charge in [0, 0.05) is 17.9 Å². The highest BCUT2D eigenvalue weighted by molar-refractivity contribution is 6.19. The molecule has 0 radical (unpaired) electrons. The van der Waals surface area contributed by atoms with Gasteiger partial charge in [-0.25, -0.2) is 0 Å². The molecule has 0 bridgehead atoms. The average Bonchev–Trinajstić information content (AvgIpc) is 3.14. The van der Waals surface area contributed by atoms with Crippen LogP contribution in [0.25, 0.3) is 0 Å². The molecule has 0 aromatic heterocycles. The third-order valence-corrected chi connectivity index (χ3v) is 7.36. The Labute approximate surface area is 210 Å². The molecule has 1 saturated carbocycles. The summed E-state index contributed by atoms with van der Waals surface area (Å²) in [5, 5.41) is 0. The van der Waals surface area contributed by atoms with Crippen molar-refractivity contribution in [3.05, 3.63) is 70.8 Å². The normalized spacial score (nSPS) is 25.1. The molecule has 36 heavy (non-hydrogen) atoms. The minimum atomic E-state index is -4.94. The SMILES string of the molecule is O=C1CC(c2cc(C(F)(F)F)cc(C(F)(F)F)c2)CC12CCCN(CC#CCCl)C2c1ccccc1. The van der Waals surface area contributed by atoms with Crippen molar-refractivity contribution in [3.63, 3.8) is 0 Å². The number of rotatable bonds is 3. The summed E-state index contributed by atoms with van der Waals surface area (Å²) < 4.78 is 80.8. The Bertz CT molecular complexity index is 1130. The number of likely N-dealkylation sites (tertiary alicyclic amines) is 1. The molecule has 1 spiro atoms. The number of carbonyl (C=O) groups is 1. The lowest BCUT2D eigenvalue weighted by molar-refractivity contribution is -0.143. The smallest absolute Gasteiger partial charge is 0.299 e. The van der Waals surface area contributed by atoms with Crippen molar-refractivity contribution in [2.75, 3.05) is 19.0 Å². The Kier molecular flexibility index (Phi) is 7.45. The van der Waals surface area contributed by atoms with Gasteiger partial charge in [0.2, 0.25) is 0 Å². The van der Waals surface area contributed by atoms with Crippen LogP contribution < -0.4 is 0 Å². The fourth-order valence-electron chi connectivity index (χ4n) is 5.76. The van der Waals surface area contributed by atoms with E-state index in [0.29, 0.717) is 25.9 Å². The van der Waals surface area contributed by atoms with Crippen LogP contribution >= 0.6 is 11.6 Å². The van der Waals surface area contributed by atoms with Crippen LogP contribution in [0, 0.1) is 17.3 Å². The summed E-state index contributed by atoms with van der Waals surface area (Å²) in [5.74, 6) is 5.08. The first-order valence-corrected chi connectivity index (χ1v) is 12.1. The molecule has 2 nitrogen and oxygen atoms in total. The molecule has 3 unspecified atom stereocenters. The lowest BCUT2D eigenvalue weighted by Crippen LogP contribution is -2.48. The maximum Gasteiger partial charge on any atom is 0.416 e. The van der Waals surface area contributed by atoms with Gasteiger partial charge >= 0.3 is 12.4 Å². The lowest BCUT2D eigenvalue weighted by Gasteiger charge is -2.47. The van der Waals surface area contributed by atoms with E-state index in [0.717, 1.165) is 17.7 Å². The van der Waals surface area contributed by atoms with E-state index in [9.17, 15) is 31.1 Å². The second-order valence-electron chi connectivity index (χ2n) is 9.40. The van der Waals surface area contributed by atoms with Crippen molar-refractivity contribution in [1.82, 2.24) is 4.90 Å². The molecule has 2 aromatic carbocycles. The number of Topliss-reactive ketones (excluding diaryl/α,β-unsaturated/α-hetero) is 1. The fraction of sp³-hybridized carbons (Fsp3) is 0.444. The van der Waals surface area contributed by atoms with E-state index in [2.05, 4.69) is 16.7 Å². The minimum absolute atomic E-state index is 0.103. The number of carbonyl (C=O) groups excluding carboxylic acids is 1. The van der Waals surface area contributed by atoms with Crippen molar-refractivity contribution in [3.8, 4) is 11.8 Å². The summed E-state index contributed by atoms with van der Waals surface area (Å²) in [6.45, 7) is 1.02. The summed E-state index contributed by atoms with van der Waals surface area (Å²) in [4.78, 5) is 15.7. The molecule has 0 amide bonds. The third-order valence-electron chi connectivity index (χ3n) is 7.23. The Balaban J connectivity index is 1.77. The Morgan fingerprint density at radius 3 is 2.17 bits per heavy atom. The maximum absolute atomic E-state index is 13.6. The van der Waals surface area contributed by atoms with Gasteiger partial charge in [-0.2, -0.15) is 26.3 Å². The van der Waals surface area contributed by atoms with Gasteiger partial charge in [-0.3, -0.25) is 9.69 Å². The van der Waals surface area contributed by atoms with Gasteiger partial charge in [0.1, 0.15) is 5.78 Å². The first kappa shape index (κ1) is 26.6. The highest BCUT2D eigenvalue weighted by atomic mass is 35.5. The van der Waals surface area contributed by atoms with Crippen molar-refractivity contribution in [2.24, 2.45) is 5.41 Å². The van der Waals surface area contributed by atoms with Crippen LogP contribution in [0.5, 0.6) is 0 Å². The van der Waals surface area contributed by atoms with Gasteiger partial charge in [-0.05, 0) is 61.1 Å². The number of hydrogen-bond acceptors (Lipinski definition) is 2. The third kappa shape index (κ3) is 5.28. The Morgan fingerprint density at radius 1 is 0.944 bits per heavy atom. The van der Waals surface area contributed by atoms with Crippen LogP contribution in [0.2, 0.25) is 0 Å². The molecule has 1 saturated heterocycles. The van der Waals surface area contributed by atoms with Crippen molar-refractivity contribution in [2.45, 2.75) is 50.0 Å². The molecular weight excluding hydrogens is 504 g/mol. The van der Waals surface area contributed by atoms with Gasteiger partial charge < -0.3 is 0 Å². The van der Waals surface area contributed by atoms with Gasteiger partial charge in [0.05, 0.1) is 23.6 Å². The van der Waals surface area contributed by atoms with E-state index in [-0.39, 0.29) is 42.2 Å². The van der Waals surface area contributed by atoms with Crippen molar-refractivity contribution >= 4 is 17.4 Å². The van der Waals surface area contributed by atoms with Crippen LogP contribution in [0.4, 0.5) is 26.3 Å². The largest absolute Gasteiger partial charge is 0.416 e. The predicted molar refractivity (Wildman–Crippen MR) is 124 cm³/mol. The zero-order valence-electron chi connectivity index (χ0n) is 19.2. The fourth-order valence-corrected chi connectivity index (χ4v) is 5.86. The minimum Gasteiger partial charge on any atom is -0.299 e. The van der Waals surface area contributed by atoms with Gasteiger partial charge in [0.25, 0.3) is 0 Å². The van der Waals surface area contributed by atoms with E-state index in [4.69, 9.17) is 11.6 Å². The van der Waals surface area contributed by atoms with E-state index in [1.54, 1.807) is 0 Å². The Hall–Kier alpha value is -2.50. The van der Waals surface area contributed by atoms with Crippen LogP contribution in [0.15, 0.2) is 48.5 Å². The monoisotopic (exact) mass is 527 g/mol. The molecule has 192 valence electrons. The van der Waals surface area contributed by atoms with Crippen LogP contribution in [-0.2, 0) is 17.1 Å². The van der Waals surface area contributed by atoms with E-state index in [1.165, 1.54) is 0 Å². The van der Waals surface area contributed by atoms with Crippen LogP contribution in [0.3, 0.4) is 0 Å². The zero-order valence-corrected chi connectivity index (χ0v) is 20.0. The Morgan fingerprint density at radius 2 is 1.58 bits per heavy atom. The number of benzene rings is 2. The molecule has 0 N–H and O–H groups in total. The molecule has 1 aliphatic heterocycles. The molecule has 9 heteroatoms. The number of ketones is 1. The number of hydrogen-bond donors (Lipinski definition) is 0. The predicted octanol–water partition coefficient (Wildman–Crippen LogP) is 7.24. The molecule has 2 aromatic rings. The number of alkyl halides is 7. The maximum atomic E-state index is 13.6. The second kappa shape index (κ2) is 10.1. The second-order valence-corrected chi connectivity index (χ2v) is 9.67. The molecule has 2 aliphatic rings. The molecule has 1 heterocycles. The summed E-state index contributed by atoms with van der Waals surface area (Å²) in [6.07, 6.45) is -8.64. The van der Waals surface area contributed by atoms with E-state index in [1.807, 2.05) is 30.3 Å². The van der Waals surface area contributed by atoms with Crippen molar-refractivity contribution in [1.29, 1.82) is 0 Å². The molecule has 3 atom stereocenters. The quantitative estimate of drug-likeness (QED) is 0.238.